The van der Waals surface area contributed by atoms with Crippen LogP contribution >= 0.6 is 0 Å². The highest BCUT2D eigenvalue weighted by Crippen LogP contribution is 2.12. The summed E-state index contributed by atoms with van der Waals surface area (Å²) in [5.74, 6) is -0.392. The molecule has 0 atom stereocenters. The number of carbonyl (C=O) groups excluding carboxylic acids is 1. The van der Waals surface area contributed by atoms with Gasteiger partial charge in [0.1, 0.15) is 0 Å². The van der Waals surface area contributed by atoms with Crippen LogP contribution in [0.3, 0.4) is 0 Å². The SMILES string of the molecule is C=C(C(=O)OC)c1cccn1C. The van der Waals surface area contributed by atoms with Crippen LogP contribution in [-0.2, 0) is 16.6 Å². The van der Waals surface area contributed by atoms with Crippen LogP contribution < -0.4 is 0 Å². The van der Waals surface area contributed by atoms with Gasteiger partial charge in [-0.15, -0.1) is 0 Å². The monoisotopic (exact) mass is 165 g/mol. The highest BCUT2D eigenvalue weighted by Gasteiger charge is 2.10. The molecule has 0 amide bonds. The maximum absolute atomic E-state index is 11.0. The lowest BCUT2D eigenvalue weighted by Gasteiger charge is -2.03. The van der Waals surface area contributed by atoms with Crippen molar-refractivity contribution in [3.63, 3.8) is 0 Å². The van der Waals surface area contributed by atoms with E-state index < -0.39 is 5.97 Å². The molecule has 0 saturated heterocycles. The number of rotatable bonds is 2. The fourth-order valence-corrected chi connectivity index (χ4v) is 1.00. The van der Waals surface area contributed by atoms with Crippen LogP contribution in [0.1, 0.15) is 5.69 Å². The number of hydrogen-bond acceptors (Lipinski definition) is 2. The second kappa shape index (κ2) is 3.26. The maximum Gasteiger partial charge on any atom is 0.339 e. The first-order valence-corrected chi connectivity index (χ1v) is 3.55. The number of esters is 1. The van der Waals surface area contributed by atoms with E-state index in [2.05, 4.69) is 11.3 Å². The number of hydrogen-bond donors (Lipinski definition) is 0. The fourth-order valence-electron chi connectivity index (χ4n) is 1.00. The van der Waals surface area contributed by atoms with Gasteiger partial charge in [0.25, 0.3) is 0 Å². The Morgan fingerprint density at radius 1 is 1.67 bits per heavy atom. The molecule has 1 rings (SSSR count). The van der Waals surface area contributed by atoms with Crippen molar-refractivity contribution in [2.45, 2.75) is 0 Å². The Hall–Kier alpha value is -1.51. The quantitative estimate of drug-likeness (QED) is 0.487. The van der Waals surface area contributed by atoms with Crippen LogP contribution in [0.15, 0.2) is 24.9 Å². The van der Waals surface area contributed by atoms with Crippen molar-refractivity contribution >= 4 is 11.5 Å². The number of carbonyl (C=O) groups is 1. The van der Waals surface area contributed by atoms with E-state index in [0.717, 1.165) is 5.69 Å². The number of ether oxygens (including phenoxy) is 1. The summed E-state index contributed by atoms with van der Waals surface area (Å²) in [5, 5.41) is 0. The van der Waals surface area contributed by atoms with E-state index in [-0.39, 0.29) is 0 Å². The van der Waals surface area contributed by atoms with Gasteiger partial charge in [0, 0.05) is 13.2 Å². The standard InChI is InChI=1S/C9H11NO2/c1-7(9(11)12-3)8-5-4-6-10(8)2/h4-6H,1H2,2-3H3. The summed E-state index contributed by atoms with van der Waals surface area (Å²) in [6, 6.07) is 3.67. The van der Waals surface area contributed by atoms with Gasteiger partial charge in [-0.1, -0.05) is 6.58 Å². The van der Waals surface area contributed by atoms with Gasteiger partial charge in [-0.25, -0.2) is 4.79 Å². The summed E-state index contributed by atoms with van der Waals surface area (Å²) in [4.78, 5) is 11.0. The molecule has 3 nitrogen and oxygen atoms in total. The van der Waals surface area contributed by atoms with Crippen LogP contribution in [0.25, 0.3) is 5.57 Å². The minimum absolute atomic E-state index is 0.380. The van der Waals surface area contributed by atoms with Crippen molar-refractivity contribution in [2.24, 2.45) is 7.05 Å². The Kier molecular flexibility index (Phi) is 2.33. The van der Waals surface area contributed by atoms with Gasteiger partial charge in [0.2, 0.25) is 0 Å². The first-order chi connectivity index (χ1) is 5.66. The Bertz CT molecular complexity index is 312. The van der Waals surface area contributed by atoms with Crippen LogP contribution in [0.2, 0.25) is 0 Å². The van der Waals surface area contributed by atoms with Crippen molar-refractivity contribution in [1.82, 2.24) is 4.57 Å². The molecule has 0 saturated carbocycles. The molecule has 12 heavy (non-hydrogen) atoms. The van der Waals surface area contributed by atoms with Gasteiger partial charge >= 0.3 is 5.97 Å². The van der Waals surface area contributed by atoms with Crippen molar-refractivity contribution in [3.8, 4) is 0 Å². The van der Waals surface area contributed by atoms with Gasteiger partial charge in [-0.3, -0.25) is 0 Å². The van der Waals surface area contributed by atoms with Crippen LogP contribution in [0.5, 0.6) is 0 Å². The molecule has 64 valence electrons. The third kappa shape index (κ3) is 1.39. The normalized spacial score (nSPS) is 9.50. The topological polar surface area (TPSA) is 31.2 Å². The van der Waals surface area contributed by atoms with Crippen LogP contribution in [0, 0.1) is 0 Å². The maximum atomic E-state index is 11.0. The Morgan fingerprint density at radius 2 is 2.33 bits per heavy atom. The molecular weight excluding hydrogens is 154 g/mol. The lowest BCUT2D eigenvalue weighted by Crippen LogP contribution is -2.05. The summed E-state index contributed by atoms with van der Waals surface area (Å²) < 4.78 is 6.36. The third-order valence-corrected chi connectivity index (χ3v) is 1.68. The molecule has 0 N–H and O–H groups in total. The van der Waals surface area contributed by atoms with Gasteiger partial charge in [-0.05, 0) is 12.1 Å². The van der Waals surface area contributed by atoms with Crippen LogP contribution in [0.4, 0.5) is 0 Å². The largest absolute Gasteiger partial charge is 0.465 e. The van der Waals surface area contributed by atoms with Crippen molar-refractivity contribution in [2.75, 3.05) is 7.11 Å². The average molecular weight is 165 g/mol. The van der Waals surface area contributed by atoms with Gasteiger partial charge in [0.05, 0.1) is 18.4 Å². The molecule has 0 fully saturated rings. The molecule has 3 heteroatoms. The predicted octanol–water partition coefficient (Wildman–Crippen LogP) is 1.21. The predicted molar refractivity (Wildman–Crippen MR) is 46.5 cm³/mol. The Balaban J connectivity index is 2.93. The highest BCUT2D eigenvalue weighted by molar-refractivity contribution is 6.14. The second-order valence-corrected chi connectivity index (χ2v) is 2.47. The molecule has 0 aliphatic rings. The summed E-state index contributed by atoms with van der Waals surface area (Å²) in [6.07, 6.45) is 1.85. The number of aryl methyl sites for hydroxylation is 1. The summed E-state index contributed by atoms with van der Waals surface area (Å²) in [5.41, 5.74) is 1.16. The fraction of sp³-hybridized carbons (Fsp3) is 0.222. The molecule has 0 aromatic carbocycles. The van der Waals surface area contributed by atoms with Crippen molar-refractivity contribution in [1.29, 1.82) is 0 Å². The lowest BCUT2D eigenvalue weighted by molar-refractivity contribution is -0.133. The van der Waals surface area contributed by atoms with E-state index in [1.807, 2.05) is 29.9 Å². The van der Waals surface area contributed by atoms with E-state index in [4.69, 9.17) is 0 Å². The average Bonchev–Trinajstić information content (AvgIpc) is 2.48. The zero-order valence-corrected chi connectivity index (χ0v) is 7.20. The molecule has 0 spiro atoms. The molecule has 1 aromatic heterocycles. The number of nitrogens with zero attached hydrogens (tertiary/aromatic N) is 1. The van der Waals surface area contributed by atoms with E-state index in [0.29, 0.717) is 5.57 Å². The first-order valence-electron chi connectivity index (χ1n) is 3.55. The number of methoxy groups -OCH3 is 1. The summed E-state index contributed by atoms with van der Waals surface area (Å²) in [6.45, 7) is 3.63. The molecular formula is C9H11NO2. The third-order valence-electron chi connectivity index (χ3n) is 1.68. The van der Waals surface area contributed by atoms with E-state index >= 15 is 0 Å². The molecule has 0 radical (unpaired) electrons. The van der Waals surface area contributed by atoms with E-state index in [9.17, 15) is 4.79 Å². The summed E-state index contributed by atoms with van der Waals surface area (Å²) in [7, 11) is 3.19. The smallest absolute Gasteiger partial charge is 0.339 e. The van der Waals surface area contributed by atoms with Crippen molar-refractivity contribution < 1.29 is 9.53 Å². The van der Waals surface area contributed by atoms with E-state index in [1.54, 1.807) is 0 Å². The molecule has 0 aliphatic heterocycles. The summed E-state index contributed by atoms with van der Waals surface area (Å²) >= 11 is 0. The first kappa shape index (κ1) is 8.59. The van der Waals surface area contributed by atoms with E-state index in [1.165, 1.54) is 7.11 Å². The molecule has 0 aliphatic carbocycles. The minimum Gasteiger partial charge on any atom is -0.465 e. The molecule has 1 aromatic rings. The zero-order valence-electron chi connectivity index (χ0n) is 7.20. The highest BCUT2D eigenvalue weighted by atomic mass is 16.5. The minimum atomic E-state index is -0.392. The molecule has 0 unspecified atom stereocenters. The zero-order chi connectivity index (χ0) is 9.14. The lowest BCUT2D eigenvalue weighted by atomic mass is 10.2. The van der Waals surface area contributed by atoms with Crippen LogP contribution in [-0.4, -0.2) is 17.6 Å². The van der Waals surface area contributed by atoms with Gasteiger partial charge in [0.15, 0.2) is 0 Å². The van der Waals surface area contributed by atoms with Gasteiger partial charge in [-0.2, -0.15) is 0 Å². The van der Waals surface area contributed by atoms with Crippen molar-refractivity contribution in [3.05, 3.63) is 30.6 Å². The molecule has 1 heterocycles. The Labute approximate surface area is 71.3 Å². The van der Waals surface area contributed by atoms with Gasteiger partial charge < -0.3 is 9.30 Å². The Morgan fingerprint density at radius 3 is 2.75 bits per heavy atom. The second-order valence-electron chi connectivity index (χ2n) is 2.47. The number of aromatic nitrogens is 1. The molecule has 0 bridgehead atoms.